The molecule has 2 rings (SSSR count). The number of nitrogens with zero attached hydrogens (tertiary/aromatic N) is 1. The van der Waals surface area contributed by atoms with Gasteiger partial charge in [0.2, 0.25) is 0 Å². The molecule has 1 aromatic carbocycles. The summed E-state index contributed by atoms with van der Waals surface area (Å²) >= 11 is 5.91. The second kappa shape index (κ2) is 8.47. The first-order valence-corrected chi connectivity index (χ1v) is 7.35. The number of likely N-dealkylation sites (N-methyl/N-ethyl adjacent to an activating group) is 1. The van der Waals surface area contributed by atoms with Crippen LogP contribution in [0.1, 0.15) is 19.8 Å². The number of hydrogen-bond donors (Lipinski definition) is 1. The van der Waals surface area contributed by atoms with Crippen LogP contribution in [0, 0.1) is 0 Å². The van der Waals surface area contributed by atoms with E-state index in [0.717, 1.165) is 25.9 Å². The fourth-order valence-electron chi connectivity index (χ4n) is 2.46. The topological polar surface area (TPSA) is 41.6 Å². The van der Waals surface area contributed by atoms with Crippen molar-refractivity contribution in [2.75, 3.05) is 20.1 Å². The maximum atomic E-state index is 12.4. The third-order valence-electron chi connectivity index (χ3n) is 3.66. The highest BCUT2D eigenvalue weighted by Gasteiger charge is 2.26. The van der Waals surface area contributed by atoms with E-state index in [1.807, 2.05) is 18.0 Å². The van der Waals surface area contributed by atoms with Gasteiger partial charge in [-0.25, -0.2) is 0 Å². The van der Waals surface area contributed by atoms with Crippen molar-refractivity contribution in [2.24, 2.45) is 0 Å². The van der Waals surface area contributed by atoms with Crippen molar-refractivity contribution in [2.45, 2.75) is 31.9 Å². The Kier molecular flexibility index (Phi) is 7.29. The van der Waals surface area contributed by atoms with Crippen molar-refractivity contribution >= 4 is 29.9 Å². The third kappa shape index (κ3) is 5.06. The van der Waals surface area contributed by atoms with Crippen molar-refractivity contribution < 1.29 is 9.53 Å². The van der Waals surface area contributed by atoms with E-state index in [9.17, 15) is 4.79 Å². The van der Waals surface area contributed by atoms with Crippen LogP contribution >= 0.6 is 24.0 Å². The largest absolute Gasteiger partial charge is 0.481 e. The van der Waals surface area contributed by atoms with Gasteiger partial charge in [0, 0.05) is 18.1 Å². The quantitative estimate of drug-likeness (QED) is 0.921. The fraction of sp³-hybridized carbons (Fsp3) is 0.533. The Hall–Kier alpha value is -0.970. The number of piperidine rings is 1. The highest BCUT2D eigenvalue weighted by atomic mass is 35.5. The predicted octanol–water partition coefficient (Wildman–Crippen LogP) is 2.74. The zero-order chi connectivity index (χ0) is 14.5. The summed E-state index contributed by atoms with van der Waals surface area (Å²) in [5.41, 5.74) is 0. The minimum Gasteiger partial charge on any atom is -0.481 e. The maximum Gasteiger partial charge on any atom is 0.263 e. The molecule has 1 aliphatic rings. The molecule has 1 N–H and O–H groups in total. The summed E-state index contributed by atoms with van der Waals surface area (Å²) < 4.78 is 5.68. The first-order chi connectivity index (χ1) is 9.58. The second-order valence-electron chi connectivity index (χ2n) is 5.15. The van der Waals surface area contributed by atoms with Gasteiger partial charge in [-0.05, 0) is 51.1 Å². The number of carbonyl (C=O) groups is 1. The number of carbonyl (C=O) groups excluding carboxylic acids is 1. The molecule has 0 bridgehead atoms. The molecule has 1 aromatic rings. The van der Waals surface area contributed by atoms with Gasteiger partial charge in [0.15, 0.2) is 6.10 Å². The van der Waals surface area contributed by atoms with Gasteiger partial charge in [-0.2, -0.15) is 0 Å². The lowest BCUT2D eigenvalue weighted by Gasteiger charge is -2.33. The first kappa shape index (κ1) is 18.1. The summed E-state index contributed by atoms with van der Waals surface area (Å²) in [5.74, 6) is 0.633. The molecule has 4 nitrogen and oxygen atoms in total. The zero-order valence-corrected chi connectivity index (χ0v) is 13.9. The highest BCUT2D eigenvalue weighted by Crippen LogP contribution is 2.19. The Labute approximate surface area is 137 Å². The van der Waals surface area contributed by atoms with Crippen LogP contribution in [-0.2, 0) is 4.79 Å². The lowest BCUT2D eigenvalue weighted by Crippen LogP contribution is -2.48. The Bertz CT molecular complexity index is 465. The average molecular weight is 333 g/mol. The van der Waals surface area contributed by atoms with E-state index in [-0.39, 0.29) is 18.3 Å². The van der Waals surface area contributed by atoms with E-state index in [4.69, 9.17) is 16.3 Å². The van der Waals surface area contributed by atoms with Gasteiger partial charge < -0.3 is 15.0 Å². The van der Waals surface area contributed by atoms with Crippen molar-refractivity contribution in [3.63, 3.8) is 0 Å². The smallest absolute Gasteiger partial charge is 0.263 e. The summed E-state index contributed by atoms with van der Waals surface area (Å²) in [6.45, 7) is 3.71. The molecule has 0 saturated carbocycles. The Morgan fingerprint density at radius 2 is 2.10 bits per heavy atom. The molecule has 0 aliphatic carbocycles. The number of hydrogen-bond acceptors (Lipinski definition) is 3. The average Bonchev–Trinajstić information content (AvgIpc) is 2.46. The van der Waals surface area contributed by atoms with Gasteiger partial charge in [-0.1, -0.05) is 17.7 Å². The van der Waals surface area contributed by atoms with E-state index < -0.39 is 6.10 Å². The number of rotatable bonds is 4. The monoisotopic (exact) mass is 332 g/mol. The van der Waals surface area contributed by atoms with Gasteiger partial charge in [0.25, 0.3) is 5.91 Å². The van der Waals surface area contributed by atoms with Crippen LogP contribution in [0.15, 0.2) is 24.3 Å². The number of ether oxygens (including phenoxy) is 1. The van der Waals surface area contributed by atoms with Gasteiger partial charge in [0.05, 0.1) is 0 Å². The molecular formula is C15H22Cl2N2O2. The molecule has 6 heteroatoms. The zero-order valence-electron chi connectivity index (χ0n) is 12.3. The van der Waals surface area contributed by atoms with Crippen molar-refractivity contribution in [3.05, 3.63) is 29.3 Å². The van der Waals surface area contributed by atoms with Crippen molar-refractivity contribution in [3.8, 4) is 5.75 Å². The van der Waals surface area contributed by atoms with Gasteiger partial charge in [0.1, 0.15) is 5.75 Å². The minimum atomic E-state index is -0.506. The summed E-state index contributed by atoms with van der Waals surface area (Å²) in [6, 6.07) is 7.41. The normalized spacial score (nSPS) is 16.7. The molecule has 1 amide bonds. The second-order valence-corrected chi connectivity index (χ2v) is 5.58. The van der Waals surface area contributed by atoms with Gasteiger partial charge >= 0.3 is 0 Å². The minimum absolute atomic E-state index is 0. The molecule has 1 aliphatic heterocycles. The third-order valence-corrected chi connectivity index (χ3v) is 3.90. The van der Waals surface area contributed by atoms with Crippen LogP contribution in [0.25, 0.3) is 0 Å². The Balaban J connectivity index is 0.00000220. The number of nitrogens with one attached hydrogen (secondary N) is 1. The molecule has 21 heavy (non-hydrogen) atoms. The molecule has 1 atom stereocenters. The maximum absolute atomic E-state index is 12.4. The van der Waals surface area contributed by atoms with E-state index in [1.54, 1.807) is 25.1 Å². The molecule has 0 aromatic heterocycles. The van der Waals surface area contributed by atoms with E-state index in [2.05, 4.69) is 5.32 Å². The van der Waals surface area contributed by atoms with Crippen LogP contribution in [0.3, 0.4) is 0 Å². The Morgan fingerprint density at radius 3 is 2.71 bits per heavy atom. The summed E-state index contributed by atoms with van der Waals surface area (Å²) in [7, 11) is 1.86. The van der Waals surface area contributed by atoms with Crippen LogP contribution < -0.4 is 10.1 Å². The number of halogens is 2. The van der Waals surface area contributed by atoms with Gasteiger partial charge in [-0.15, -0.1) is 12.4 Å². The van der Waals surface area contributed by atoms with E-state index in [1.165, 1.54) is 0 Å². The van der Waals surface area contributed by atoms with Crippen LogP contribution in [0.4, 0.5) is 0 Å². The lowest BCUT2D eigenvalue weighted by atomic mass is 10.0. The molecular weight excluding hydrogens is 311 g/mol. The molecule has 1 fully saturated rings. The summed E-state index contributed by atoms with van der Waals surface area (Å²) in [4.78, 5) is 14.2. The van der Waals surface area contributed by atoms with Crippen LogP contribution in [0.2, 0.25) is 5.02 Å². The molecule has 1 unspecified atom stereocenters. The summed E-state index contributed by atoms with van der Waals surface area (Å²) in [5, 5.41) is 3.91. The molecule has 1 saturated heterocycles. The Morgan fingerprint density at radius 1 is 1.43 bits per heavy atom. The lowest BCUT2D eigenvalue weighted by molar-refractivity contribution is -0.139. The molecule has 118 valence electrons. The fourth-order valence-corrected chi connectivity index (χ4v) is 2.64. The van der Waals surface area contributed by atoms with Gasteiger partial charge in [-0.3, -0.25) is 4.79 Å². The van der Waals surface area contributed by atoms with E-state index >= 15 is 0 Å². The first-order valence-electron chi connectivity index (χ1n) is 6.97. The molecule has 1 heterocycles. The standard InChI is InChI=1S/C15H21ClN2O2.ClH/c1-11(20-14-5-3-4-12(16)10-14)15(19)18(2)13-6-8-17-9-7-13;/h3-5,10-11,13,17H,6-9H2,1-2H3;1H. The molecule has 0 radical (unpaired) electrons. The summed E-state index contributed by atoms with van der Waals surface area (Å²) in [6.07, 6.45) is 1.48. The number of benzene rings is 1. The van der Waals surface area contributed by atoms with Crippen LogP contribution in [0.5, 0.6) is 5.75 Å². The molecule has 0 spiro atoms. The van der Waals surface area contributed by atoms with Crippen LogP contribution in [-0.4, -0.2) is 43.1 Å². The SMILES string of the molecule is CC(Oc1cccc(Cl)c1)C(=O)N(C)C1CCNCC1.Cl. The van der Waals surface area contributed by atoms with Crippen molar-refractivity contribution in [1.82, 2.24) is 10.2 Å². The predicted molar refractivity (Wildman–Crippen MR) is 87.5 cm³/mol. The van der Waals surface area contributed by atoms with Crippen molar-refractivity contribution in [1.29, 1.82) is 0 Å². The van der Waals surface area contributed by atoms with E-state index in [0.29, 0.717) is 16.8 Å². The number of amides is 1. The highest BCUT2D eigenvalue weighted by molar-refractivity contribution is 6.30.